The number of aromatic nitrogens is 1. The van der Waals surface area contributed by atoms with Gasteiger partial charge in [-0.1, -0.05) is 13.3 Å². The van der Waals surface area contributed by atoms with Gasteiger partial charge in [-0.05, 0) is 24.5 Å². The van der Waals surface area contributed by atoms with Crippen molar-refractivity contribution in [1.29, 1.82) is 5.26 Å². The summed E-state index contributed by atoms with van der Waals surface area (Å²) in [5, 5.41) is 12.2. The Hall–Kier alpha value is -2.07. The number of rotatable bonds is 4. The zero-order chi connectivity index (χ0) is 16.6. The van der Waals surface area contributed by atoms with Crippen molar-refractivity contribution in [3.8, 4) is 6.07 Å². The zero-order valence-electron chi connectivity index (χ0n) is 12.9. The molecule has 2 saturated heterocycles. The van der Waals surface area contributed by atoms with Gasteiger partial charge in [0.1, 0.15) is 11.5 Å². The van der Waals surface area contributed by atoms with E-state index in [9.17, 15) is 13.6 Å². The molecule has 2 atom stereocenters. The third kappa shape index (κ3) is 2.38. The molecule has 0 unspecified atom stereocenters. The summed E-state index contributed by atoms with van der Waals surface area (Å²) in [5.41, 5.74) is -0.476. The molecule has 23 heavy (non-hydrogen) atoms. The van der Waals surface area contributed by atoms with Crippen LogP contribution in [0.25, 0.3) is 0 Å². The van der Waals surface area contributed by atoms with Crippen LogP contribution >= 0.6 is 0 Å². The highest BCUT2D eigenvalue weighted by molar-refractivity contribution is 5.85. The lowest BCUT2D eigenvalue weighted by molar-refractivity contribution is -0.149. The maximum Gasteiger partial charge on any atom is 0.254 e. The Bertz CT molecular complexity index is 660. The van der Waals surface area contributed by atoms with Gasteiger partial charge in [0.05, 0.1) is 11.6 Å². The lowest BCUT2D eigenvalue weighted by Gasteiger charge is -2.28. The number of fused-ring (bicyclic) bond motifs is 1. The predicted molar refractivity (Wildman–Crippen MR) is 78.1 cm³/mol. The first-order valence-electron chi connectivity index (χ1n) is 7.75. The van der Waals surface area contributed by atoms with Crippen molar-refractivity contribution in [3.63, 3.8) is 0 Å². The van der Waals surface area contributed by atoms with Crippen molar-refractivity contribution in [3.05, 3.63) is 29.6 Å². The molecule has 0 saturated carbocycles. The summed E-state index contributed by atoms with van der Waals surface area (Å²) in [5.74, 6) is -0.501. The fourth-order valence-electron chi connectivity index (χ4n) is 3.66. The fourth-order valence-corrected chi connectivity index (χ4v) is 3.66. The number of nitriles is 1. The lowest BCUT2D eigenvalue weighted by atomic mass is 9.83. The van der Waals surface area contributed by atoms with E-state index in [0.717, 1.165) is 5.56 Å². The van der Waals surface area contributed by atoms with Crippen LogP contribution in [0.5, 0.6) is 0 Å². The van der Waals surface area contributed by atoms with Crippen molar-refractivity contribution < 1.29 is 13.6 Å². The predicted octanol–water partition coefficient (Wildman–Crippen LogP) is 2.51. The second-order valence-corrected chi connectivity index (χ2v) is 6.17. The summed E-state index contributed by atoms with van der Waals surface area (Å²) < 4.78 is 27.3. The van der Waals surface area contributed by atoms with Gasteiger partial charge in [-0.15, -0.1) is 0 Å². The molecule has 1 aromatic heterocycles. The summed E-state index contributed by atoms with van der Waals surface area (Å²) in [6, 6.07) is 3.38. The summed E-state index contributed by atoms with van der Waals surface area (Å²) in [7, 11) is 0. The molecule has 5 nitrogen and oxygen atoms in total. The maximum absolute atomic E-state index is 13.7. The minimum atomic E-state index is -2.68. The molecule has 0 aliphatic carbocycles. The molecule has 1 amide bonds. The van der Waals surface area contributed by atoms with Crippen LogP contribution in [-0.2, 0) is 4.79 Å². The van der Waals surface area contributed by atoms with Gasteiger partial charge in [0.2, 0.25) is 0 Å². The fraction of sp³-hybridized carbons (Fsp3) is 0.562. The molecule has 0 radical (unpaired) electrons. The van der Waals surface area contributed by atoms with Crippen molar-refractivity contribution >= 4 is 5.91 Å². The van der Waals surface area contributed by atoms with Crippen LogP contribution < -0.4 is 0 Å². The molecule has 0 aromatic carbocycles. The Balaban J connectivity index is 1.94. The van der Waals surface area contributed by atoms with E-state index in [-0.39, 0.29) is 19.0 Å². The van der Waals surface area contributed by atoms with Gasteiger partial charge in [-0.2, -0.15) is 5.26 Å². The van der Waals surface area contributed by atoms with E-state index in [1.807, 2.05) is 13.0 Å². The first kappa shape index (κ1) is 15.8. The number of halogens is 2. The van der Waals surface area contributed by atoms with Gasteiger partial charge in [-0.3, -0.25) is 14.8 Å². The minimum Gasteiger partial charge on any atom is -0.272 e. The van der Waals surface area contributed by atoms with Crippen LogP contribution in [0.15, 0.2) is 18.5 Å². The minimum absolute atomic E-state index is 0.0687. The smallest absolute Gasteiger partial charge is 0.254 e. The van der Waals surface area contributed by atoms with Gasteiger partial charge in [0, 0.05) is 25.5 Å². The van der Waals surface area contributed by atoms with Crippen LogP contribution in [0.3, 0.4) is 0 Å². The van der Waals surface area contributed by atoms with E-state index in [1.54, 1.807) is 17.3 Å². The molecular weight excluding hydrogens is 302 g/mol. The van der Waals surface area contributed by atoms with E-state index in [1.165, 1.54) is 11.2 Å². The van der Waals surface area contributed by atoms with Crippen LogP contribution in [-0.4, -0.2) is 40.4 Å². The Morgan fingerprint density at radius 1 is 1.52 bits per heavy atom. The molecular formula is C16H18F2N4O. The van der Waals surface area contributed by atoms with Crippen molar-refractivity contribution in [2.45, 2.75) is 38.7 Å². The summed E-state index contributed by atoms with van der Waals surface area (Å²) >= 11 is 0. The number of alkyl halides is 2. The van der Waals surface area contributed by atoms with Crippen LogP contribution in [0.1, 0.15) is 43.4 Å². The number of carbonyl (C=O) groups excluding carboxylic acids is 1. The SMILES string of the molecule is CCC[C@@]1(C(F)F)CN2CC[C@@H](c3cncc(C#N)c3)N2C1=O. The number of nitrogens with zero attached hydrogens (tertiary/aromatic N) is 4. The average molecular weight is 320 g/mol. The van der Waals surface area contributed by atoms with E-state index >= 15 is 0 Å². The Kier molecular flexibility index (Phi) is 4.02. The zero-order valence-corrected chi connectivity index (χ0v) is 12.9. The first-order valence-corrected chi connectivity index (χ1v) is 7.75. The van der Waals surface area contributed by atoms with Gasteiger partial charge >= 0.3 is 0 Å². The normalized spacial score (nSPS) is 27.5. The monoisotopic (exact) mass is 320 g/mol. The molecule has 0 spiro atoms. The largest absolute Gasteiger partial charge is 0.272 e. The average Bonchev–Trinajstić information content (AvgIpc) is 3.07. The number of hydrogen-bond acceptors (Lipinski definition) is 4. The van der Waals surface area contributed by atoms with Gasteiger partial charge in [0.25, 0.3) is 12.3 Å². The molecule has 0 N–H and O–H groups in total. The number of pyridine rings is 1. The second-order valence-electron chi connectivity index (χ2n) is 6.17. The van der Waals surface area contributed by atoms with E-state index in [2.05, 4.69) is 4.98 Å². The topological polar surface area (TPSA) is 60.2 Å². The van der Waals surface area contributed by atoms with E-state index < -0.39 is 17.7 Å². The van der Waals surface area contributed by atoms with Crippen molar-refractivity contribution in [2.24, 2.45) is 5.41 Å². The number of hydrogen-bond donors (Lipinski definition) is 0. The third-order valence-electron chi connectivity index (χ3n) is 4.75. The van der Waals surface area contributed by atoms with Crippen molar-refractivity contribution in [1.82, 2.24) is 15.0 Å². The molecule has 7 heteroatoms. The molecule has 3 heterocycles. The maximum atomic E-state index is 13.7. The van der Waals surface area contributed by atoms with Crippen LogP contribution in [0.2, 0.25) is 0 Å². The summed E-state index contributed by atoms with van der Waals surface area (Å²) in [6.07, 6.45) is 1.75. The summed E-state index contributed by atoms with van der Waals surface area (Å²) in [4.78, 5) is 16.8. The van der Waals surface area contributed by atoms with Gasteiger partial charge in [0.15, 0.2) is 0 Å². The molecule has 3 rings (SSSR count). The van der Waals surface area contributed by atoms with Gasteiger partial charge < -0.3 is 0 Å². The van der Waals surface area contributed by atoms with Crippen LogP contribution in [0, 0.1) is 16.7 Å². The number of hydrazine groups is 1. The Labute approximate surface area is 133 Å². The van der Waals surface area contributed by atoms with E-state index in [0.29, 0.717) is 24.9 Å². The third-order valence-corrected chi connectivity index (χ3v) is 4.75. The Morgan fingerprint density at radius 2 is 2.30 bits per heavy atom. The Morgan fingerprint density at radius 3 is 2.96 bits per heavy atom. The molecule has 2 aliphatic rings. The number of carbonyl (C=O) groups is 1. The second kappa shape index (κ2) is 5.85. The highest BCUT2D eigenvalue weighted by atomic mass is 19.3. The molecule has 122 valence electrons. The highest BCUT2D eigenvalue weighted by Gasteiger charge is 2.59. The molecule has 2 aliphatic heterocycles. The standard InChI is InChI=1S/C16H18F2N4O/c1-2-4-16(14(17)18)10-21-5-3-13(22(21)15(16)23)12-6-11(7-19)8-20-9-12/h6,8-9,13-14H,2-5,10H2,1H3/t13-,16-/m0/s1. The molecule has 2 fully saturated rings. The van der Waals surface area contributed by atoms with Gasteiger partial charge in [-0.25, -0.2) is 13.8 Å². The lowest BCUT2D eigenvalue weighted by Crippen LogP contribution is -2.41. The quantitative estimate of drug-likeness (QED) is 0.855. The van der Waals surface area contributed by atoms with E-state index in [4.69, 9.17) is 5.26 Å². The van der Waals surface area contributed by atoms with Crippen molar-refractivity contribution in [2.75, 3.05) is 13.1 Å². The summed E-state index contributed by atoms with van der Waals surface area (Å²) in [6.45, 7) is 2.44. The number of amides is 1. The van der Waals surface area contributed by atoms with Crippen LogP contribution in [0.4, 0.5) is 8.78 Å². The molecule has 1 aromatic rings. The first-order chi connectivity index (χ1) is 11.0. The molecule has 0 bridgehead atoms. The highest BCUT2D eigenvalue weighted by Crippen LogP contribution is 2.47.